The van der Waals surface area contributed by atoms with Crippen molar-refractivity contribution < 1.29 is 9.53 Å². The number of carbonyl (C=O) groups is 1. The molecule has 4 rings (SSSR count). The number of primary amides is 1. The molecule has 9 heteroatoms. The number of hydrogen-bond donors (Lipinski definition) is 3. The SMILES string of the molecule is COc1cnc(-c2n[nH]c3ccccc23)nc1Nc1ccncc1C(N)=O. The van der Waals surface area contributed by atoms with E-state index in [0.717, 1.165) is 10.9 Å². The van der Waals surface area contributed by atoms with Gasteiger partial charge in [-0.15, -0.1) is 0 Å². The summed E-state index contributed by atoms with van der Waals surface area (Å²) in [5, 5.41) is 11.2. The normalized spacial score (nSPS) is 10.7. The first-order chi connectivity index (χ1) is 13.2. The molecule has 4 aromatic rings. The lowest BCUT2D eigenvalue weighted by molar-refractivity contribution is 0.100. The van der Waals surface area contributed by atoms with Crippen molar-refractivity contribution in [3.63, 3.8) is 0 Å². The summed E-state index contributed by atoms with van der Waals surface area (Å²) in [6.45, 7) is 0. The van der Waals surface area contributed by atoms with Crippen LogP contribution < -0.4 is 15.8 Å². The van der Waals surface area contributed by atoms with Crippen molar-refractivity contribution in [1.82, 2.24) is 25.1 Å². The number of H-pyrrole nitrogens is 1. The van der Waals surface area contributed by atoms with E-state index < -0.39 is 5.91 Å². The smallest absolute Gasteiger partial charge is 0.252 e. The van der Waals surface area contributed by atoms with Gasteiger partial charge in [-0.2, -0.15) is 5.10 Å². The molecule has 0 radical (unpaired) electrons. The van der Waals surface area contributed by atoms with Gasteiger partial charge < -0.3 is 15.8 Å². The maximum absolute atomic E-state index is 11.6. The summed E-state index contributed by atoms with van der Waals surface area (Å²) in [5.74, 6) is 0.594. The number of carbonyl (C=O) groups excluding carboxylic acids is 1. The van der Waals surface area contributed by atoms with Crippen LogP contribution in [0.25, 0.3) is 22.4 Å². The van der Waals surface area contributed by atoms with Gasteiger partial charge in [-0.05, 0) is 12.1 Å². The topological polar surface area (TPSA) is 132 Å². The Kier molecular flexibility index (Phi) is 4.09. The lowest BCUT2D eigenvalue weighted by Gasteiger charge is -2.12. The fourth-order valence-electron chi connectivity index (χ4n) is 2.69. The highest BCUT2D eigenvalue weighted by Crippen LogP contribution is 2.30. The third-order valence-electron chi connectivity index (χ3n) is 4.00. The summed E-state index contributed by atoms with van der Waals surface area (Å²) >= 11 is 0. The number of hydrogen-bond acceptors (Lipinski definition) is 7. The summed E-state index contributed by atoms with van der Waals surface area (Å²) in [4.78, 5) is 24.4. The van der Waals surface area contributed by atoms with Crippen molar-refractivity contribution in [3.8, 4) is 17.3 Å². The number of rotatable bonds is 5. The number of nitrogens with zero attached hydrogens (tertiary/aromatic N) is 4. The molecule has 0 aliphatic carbocycles. The van der Waals surface area contributed by atoms with Gasteiger partial charge in [0.2, 0.25) is 0 Å². The molecule has 0 bridgehead atoms. The number of methoxy groups -OCH3 is 1. The molecule has 0 saturated carbocycles. The third-order valence-corrected chi connectivity index (χ3v) is 4.00. The number of aromatic amines is 1. The molecule has 0 fully saturated rings. The number of fused-ring (bicyclic) bond motifs is 1. The largest absolute Gasteiger partial charge is 0.491 e. The number of nitrogens with one attached hydrogen (secondary N) is 2. The molecule has 0 aliphatic rings. The molecule has 0 unspecified atom stereocenters. The van der Waals surface area contributed by atoms with E-state index in [0.29, 0.717) is 28.8 Å². The van der Waals surface area contributed by atoms with Crippen LogP contribution in [0.5, 0.6) is 5.75 Å². The summed E-state index contributed by atoms with van der Waals surface area (Å²) < 4.78 is 5.33. The quantitative estimate of drug-likeness (QED) is 0.497. The molecule has 0 aliphatic heterocycles. The molecule has 1 aromatic carbocycles. The Balaban J connectivity index is 1.80. The van der Waals surface area contributed by atoms with E-state index in [1.54, 1.807) is 18.5 Å². The Morgan fingerprint density at radius 1 is 1.22 bits per heavy atom. The Hall–Kier alpha value is -4.01. The lowest BCUT2D eigenvalue weighted by atomic mass is 10.2. The Morgan fingerprint density at radius 2 is 2.07 bits per heavy atom. The average Bonchev–Trinajstić information content (AvgIpc) is 3.12. The third kappa shape index (κ3) is 3.01. The maximum atomic E-state index is 11.6. The monoisotopic (exact) mass is 361 g/mol. The molecule has 0 spiro atoms. The van der Waals surface area contributed by atoms with E-state index in [9.17, 15) is 4.79 Å². The highest BCUT2D eigenvalue weighted by Gasteiger charge is 2.16. The van der Waals surface area contributed by atoms with E-state index in [-0.39, 0.29) is 5.56 Å². The van der Waals surface area contributed by atoms with Crippen molar-refractivity contribution >= 4 is 28.3 Å². The first-order valence-electron chi connectivity index (χ1n) is 8.02. The highest BCUT2D eigenvalue weighted by molar-refractivity contribution is 5.99. The maximum Gasteiger partial charge on any atom is 0.252 e. The molecule has 0 saturated heterocycles. The van der Waals surface area contributed by atoms with Gasteiger partial charge in [0, 0.05) is 17.8 Å². The number of amides is 1. The van der Waals surface area contributed by atoms with E-state index in [4.69, 9.17) is 10.5 Å². The predicted octanol–water partition coefficient (Wildman–Crippen LogP) is 2.27. The highest BCUT2D eigenvalue weighted by atomic mass is 16.5. The first-order valence-corrected chi connectivity index (χ1v) is 8.02. The molecule has 3 aromatic heterocycles. The Morgan fingerprint density at radius 3 is 2.89 bits per heavy atom. The van der Waals surface area contributed by atoms with Gasteiger partial charge in [0.05, 0.1) is 30.1 Å². The second-order valence-electron chi connectivity index (χ2n) is 5.64. The molecule has 27 heavy (non-hydrogen) atoms. The Labute approximate surface area is 153 Å². The second-order valence-corrected chi connectivity index (χ2v) is 5.64. The summed E-state index contributed by atoms with van der Waals surface area (Å²) in [7, 11) is 1.51. The molecule has 4 N–H and O–H groups in total. The Bertz CT molecular complexity index is 1140. The molecule has 9 nitrogen and oxygen atoms in total. The molecule has 3 heterocycles. The van der Waals surface area contributed by atoms with E-state index in [1.807, 2.05) is 24.3 Å². The number of benzene rings is 1. The molecule has 1 amide bonds. The van der Waals surface area contributed by atoms with Crippen LogP contribution in [0.4, 0.5) is 11.5 Å². The van der Waals surface area contributed by atoms with Crippen molar-refractivity contribution in [2.45, 2.75) is 0 Å². The van der Waals surface area contributed by atoms with Gasteiger partial charge in [-0.3, -0.25) is 14.9 Å². The minimum absolute atomic E-state index is 0.241. The average molecular weight is 361 g/mol. The summed E-state index contributed by atoms with van der Waals surface area (Å²) in [6, 6.07) is 9.32. The van der Waals surface area contributed by atoms with Gasteiger partial charge in [0.1, 0.15) is 5.69 Å². The minimum Gasteiger partial charge on any atom is -0.491 e. The van der Waals surface area contributed by atoms with Gasteiger partial charge in [-0.25, -0.2) is 9.97 Å². The van der Waals surface area contributed by atoms with E-state index in [2.05, 4.69) is 30.5 Å². The number of nitrogens with two attached hydrogens (primary N) is 1. The van der Waals surface area contributed by atoms with Gasteiger partial charge in [-0.1, -0.05) is 18.2 Å². The van der Waals surface area contributed by atoms with E-state index >= 15 is 0 Å². The van der Waals surface area contributed by atoms with Crippen molar-refractivity contribution in [2.75, 3.05) is 12.4 Å². The van der Waals surface area contributed by atoms with Crippen LogP contribution in [-0.4, -0.2) is 38.2 Å². The van der Waals surface area contributed by atoms with Crippen LogP contribution in [0.1, 0.15) is 10.4 Å². The van der Waals surface area contributed by atoms with Gasteiger partial charge in [0.15, 0.2) is 17.4 Å². The molecule has 0 atom stereocenters. The predicted molar refractivity (Wildman–Crippen MR) is 99.7 cm³/mol. The molecular formula is C18H15N7O2. The van der Waals surface area contributed by atoms with Crippen LogP contribution >= 0.6 is 0 Å². The second kappa shape index (κ2) is 6.71. The molecule has 134 valence electrons. The van der Waals surface area contributed by atoms with Crippen LogP contribution in [0.2, 0.25) is 0 Å². The zero-order valence-corrected chi connectivity index (χ0v) is 14.3. The zero-order valence-electron chi connectivity index (χ0n) is 14.3. The van der Waals surface area contributed by atoms with Crippen LogP contribution in [0.15, 0.2) is 48.9 Å². The number of ether oxygens (including phenoxy) is 1. The lowest BCUT2D eigenvalue weighted by Crippen LogP contribution is -2.14. The number of pyridine rings is 1. The van der Waals surface area contributed by atoms with Crippen LogP contribution in [0.3, 0.4) is 0 Å². The van der Waals surface area contributed by atoms with Crippen molar-refractivity contribution in [2.24, 2.45) is 5.73 Å². The first kappa shape index (κ1) is 16.5. The van der Waals surface area contributed by atoms with E-state index in [1.165, 1.54) is 13.3 Å². The summed E-state index contributed by atoms with van der Waals surface area (Å²) in [5.41, 5.74) is 7.61. The standard InChI is InChI=1S/C18H15N7O2/c1-27-14-9-21-18(15-10-4-2-3-5-13(10)24-25-15)23-17(14)22-12-6-7-20-8-11(12)16(19)26/h2-9H,1H3,(H2,19,26)(H,24,25)(H,20,21,22,23). The van der Waals surface area contributed by atoms with Crippen molar-refractivity contribution in [1.29, 1.82) is 0 Å². The van der Waals surface area contributed by atoms with Crippen LogP contribution in [-0.2, 0) is 0 Å². The fourth-order valence-corrected chi connectivity index (χ4v) is 2.69. The summed E-state index contributed by atoms with van der Waals surface area (Å²) in [6.07, 6.45) is 4.48. The zero-order chi connectivity index (χ0) is 18.8. The van der Waals surface area contributed by atoms with Crippen LogP contribution in [0, 0.1) is 0 Å². The number of para-hydroxylation sites is 1. The van der Waals surface area contributed by atoms with Gasteiger partial charge in [0.25, 0.3) is 5.91 Å². The number of aromatic nitrogens is 5. The van der Waals surface area contributed by atoms with Gasteiger partial charge >= 0.3 is 0 Å². The fraction of sp³-hybridized carbons (Fsp3) is 0.0556. The number of anilines is 2. The minimum atomic E-state index is -0.600. The van der Waals surface area contributed by atoms with Crippen molar-refractivity contribution in [3.05, 3.63) is 54.5 Å². The molecular weight excluding hydrogens is 346 g/mol.